The van der Waals surface area contributed by atoms with Crippen LogP contribution in [0, 0.1) is 0 Å². The summed E-state index contributed by atoms with van der Waals surface area (Å²) in [7, 11) is 0. The third-order valence-electron chi connectivity index (χ3n) is 3.78. The third kappa shape index (κ3) is 4.88. The fourth-order valence-electron chi connectivity index (χ4n) is 2.39. The van der Waals surface area contributed by atoms with Crippen molar-refractivity contribution in [2.45, 2.75) is 13.5 Å². The minimum Gasteiger partial charge on any atom is -0.462 e. The van der Waals surface area contributed by atoms with Crippen molar-refractivity contribution in [3.63, 3.8) is 0 Å². The molecule has 2 N–H and O–H groups in total. The molecule has 2 aromatic heterocycles. The van der Waals surface area contributed by atoms with E-state index in [0.717, 1.165) is 5.56 Å². The monoisotopic (exact) mass is 377 g/mol. The van der Waals surface area contributed by atoms with Gasteiger partial charge < -0.3 is 15.4 Å². The largest absolute Gasteiger partial charge is 0.462 e. The number of nitrogens with zero attached hydrogens (tertiary/aromatic N) is 3. The van der Waals surface area contributed by atoms with E-state index in [1.807, 2.05) is 12.1 Å². The number of para-hydroxylation sites is 1. The van der Waals surface area contributed by atoms with E-state index in [-0.39, 0.29) is 17.7 Å². The lowest BCUT2D eigenvalue weighted by atomic mass is 10.1. The number of pyridine rings is 1. The normalized spacial score (nSPS) is 10.2. The summed E-state index contributed by atoms with van der Waals surface area (Å²) in [4.78, 5) is 36.7. The molecular weight excluding hydrogens is 358 g/mol. The summed E-state index contributed by atoms with van der Waals surface area (Å²) in [5.74, 6) is -0.511. The first-order chi connectivity index (χ1) is 13.7. The number of amides is 1. The van der Waals surface area contributed by atoms with Crippen LogP contribution in [-0.2, 0) is 11.3 Å². The quantitative estimate of drug-likeness (QED) is 0.610. The van der Waals surface area contributed by atoms with Crippen molar-refractivity contribution < 1.29 is 14.3 Å². The minimum absolute atomic E-state index is 0.253. The molecule has 0 atom stereocenters. The molecule has 0 unspecified atom stereocenters. The number of aromatic nitrogens is 3. The first-order valence-corrected chi connectivity index (χ1v) is 8.69. The molecule has 1 amide bonds. The van der Waals surface area contributed by atoms with Crippen LogP contribution in [0.5, 0.6) is 0 Å². The highest BCUT2D eigenvalue weighted by Crippen LogP contribution is 2.17. The molecule has 2 heterocycles. The topological polar surface area (TPSA) is 106 Å². The molecule has 0 fully saturated rings. The molecule has 0 spiro atoms. The van der Waals surface area contributed by atoms with Crippen LogP contribution in [0.1, 0.15) is 33.2 Å². The maximum Gasteiger partial charge on any atom is 0.340 e. The molecule has 1 aromatic carbocycles. The molecule has 0 aliphatic carbocycles. The molecule has 8 heteroatoms. The number of hydrogen-bond donors (Lipinski definition) is 2. The van der Waals surface area contributed by atoms with Crippen LogP contribution >= 0.6 is 0 Å². The molecule has 3 aromatic rings. The molecule has 0 saturated heterocycles. The first kappa shape index (κ1) is 19.0. The number of carbonyl (C=O) groups excluding carboxylic acids is 2. The number of ether oxygens (including phenoxy) is 1. The Morgan fingerprint density at radius 1 is 1.04 bits per heavy atom. The van der Waals surface area contributed by atoms with Gasteiger partial charge in [0.1, 0.15) is 0 Å². The van der Waals surface area contributed by atoms with Crippen LogP contribution in [0.15, 0.2) is 61.2 Å². The van der Waals surface area contributed by atoms with E-state index in [1.54, 1.807) is 43.6 Å². The number of carbonyl (C=O) groups is 2. The molecular formula is C20H19N5O3. The Morgan fingerprint density at radius 2 is 1.75 bits per heavy atom. The van der Waals surface area contributed by atoms with Crippen molar-refractivity contribution in [2.75, 3.05) is 17.2 Å². The summed E-state index contributed by atoms with van der Waals surface area (Å²) in [6.07, 6.45) is 6.26. The van der Waals surface area contributed by atoms with Gasteiger partial charge in [0, 0.05) is 31.3 Å². The summed E-state index contributed by atoms with van der Waals surface area (Å²) in [6.45, 7) is 2.52. The third-order valence-corrected chi connectivity index (χ3v) is 3.78. The van der Waals surface area contributed by atoms with E-state index >= 15 is 0 Å². The summed E-state index contributed by atoms with van der Waals surface area (Å²) in [5.41, 5.74) is 1.96. The lowest BCUT2D eigenvalue weighted by Crippen LogP contribution is -2.16. The molecule has 0 saturated carbocycles. The Morgan fingerprint density at radius 3 is 2.46 bits per heavy atom. The van der Waals surface area contributed by atoms with Crippen molar-refractivity contribution in [1.29, 1.82) is 0 Å². The zero-order valence-corrected chi connectivity index (χ0v) is 15.3. The van der Waals surface area contributed by atoms with Crippen molar-refractivity contribution in [3.8, 4) is 0 Å². The SMILES string of the molecule is CCOC(=O)c1ccccc1NC(=O)c1cnc(NCc2ccncc2)nc1. The number of esters is 1. The summed E-state index contributed by atoms with van der Waals surface area (Å²) in [6, 6.07) is 10.4. The van der Waals surface area contributed by atoms with Gasteiger partial charge in [0.25, 0.3) is 5.91 Å². The second kappa shape index (κ2) is 9.22. The second-order valence-corrected chi connectivity index (χ2v) is 5.72. The Bertz CT molecular complexity index is 946. The lowest BCUT2D eigenvalue weighted by Gasteiger charge is -2.10. The molecule has 28 heavy (non-hydrogen) atoms. The van der Waals surface area contributed by atoms with E-state index in [2.05, 4.69) is 25.6 Å². The van der Waals surface area contributed by atoms with E-state index in [4.69, 9.17) is 4.74 Å². The second-order valence-electron chi connectivity index (χ2n) is 5.72. The predicted octanol–water partition coefficient (Wildman–Crippen LogP) is 2.91. The standard InChI is InChI=1S/C20H19N5O3/c1-2-28-19(27)16-5-3-4-6-17(16)25-18(26)15-12-23-20(24-13-15)22-11-14-7-9-21-10-8-14/h3-10,12-13H,2,11H2,1H3,(H,25,26)(H,22,23,24). The molecule has 0 radical (unpaired) electrons. The fraction of sp³-hybridized carbons (Fsp3) is 0.150. The van der Waals surface area contributed by atoms with Gasteiger partial charge in [0.2, 0.25) is 5.95 Å². The lowest BCUT2D eigenvalue weighted by molar-refractivity contribution is 0.0527. The fourth-order valence-corrected chi connectivity index (χ4v) is 2.39. The number of rotatable bonds is 7. The van der Waals surface area contributed by atoms with E-state index in [9.17, 15) is 9.59 Å². The smallest absolute Gasteiger partial charge is 0.340 e. The van der Waals surface area contributed by atoms with Crippen LogP contribution < -0.4 is 10.6 Å². The summed E-state index contributed by atoms with van der Waals surface area (Å²) < 4.78 is 5.01. The zero-order valence-electron chi connectivity index (χ0n) is 15.3. The van der Waals surface area contributed by atoms with Gasteiger partial charge in [-0.05, 0) is 36.8 Å². The maximum atomic E-state index is 12.5. The van der Waals surface area contributed by atoms with E-state index in [1.165, 1.54) is 12.4 Å². The molecule has 3 rings (SSSR count). The Labute approximate surface area is 162 Å². The Kier molecular flexibility index (Phi) is 6.25. The molecule has 0 aliphatic heterocycles. The molecule has 0 bridgehead atoms. The van der Waals surface area contributed by atoms with Gasteiger partial charge in [-0.15, -0.1) is 0 Å². The Balaban J connectivity index is 1.65. The van der Waals surface area contributed by atoms with Crippen LogP contribution in [0.2, 0.25) is 0 Å². The highest BCUT2D eigenvalue weighted by atomic mass is 16.5. The highest BCUT2D eigenvalue weighted by Gasteiger charge is 2.15. The van der Waals surface area contributed by atoms with Gasteiger partial charge in [0.15, 0.2) is 0 Å². The van der Waals surface area contributed by atoms with Crippen molar-refractivity contribution >= 4 is 23.5 Å². The van der Waals surface area contributed by atoms with Gasteiger partial charge in [-0.2, -0.15) is 0 Å². The Hall–Kier alpha value is -3.81. The van der Waals surface area contributed by atoms with Crippen molar-refractivity contribution in [3.05, 3.63) is 77.9 Å². The van der Waals surface area contributed by atoms with E-state index < -0.39 is 11.9 Å². The van der Waals surface area contributed by atoms with Crippen LogP contribution in [0.4, 0.5) is 11.6 Å². The van der Waals surface area contributed by atoms with Gasteiger partial charge in [0.05, 0.1) is 23.4 Å². The number of hydrogen-bond acceptors (Lipinski definition) is 7. The molecule has 0 aliphatic rings. The first-order valence-electron chi connectivity index (χ1n) is 8.69. The highest BCUT2D eigenvalue weighted by molar-refractivity contribution is 6.07. The average molecular weight is 377 g/mol. The van der Waals surface area contributed by atoms with Crippen LogP contribution in [0.3, 0.4) is 0 Å². The number of benzene rings is 1. The van der Waals surface area contributed by atoms with Gasteiger partial charge in [-0.3, -0.25) is 9.78 Å². The number of nitrogens with one attached hydrogen (secondary N) is 2. The van der Waals surface area contributed by atoms with Crippen LogP contribution in [0.25, 0.3) is 0 Å². The number of anilines is 2. The van der Waals surface area contributed by atoms with Crippen LogP contribution in [-0.4, -0.2) is 33.4 Å². The van der Waals surface area contributed by atoms with Crippen molar-refractivity contribution in [1.82, 2.24) is 15.0 Å². The molecule has 8 nitrogen and oxygen atoms in total. The average Bonchev–Trinajstić information content (AvgIpc) is 2.74. The van der Waals surface area contributed by atoms with Crippen molar-refractivity contribution in [2.24, 2.45) is 0 Å². The summed E-state index contributed by atoms with van der Waals surface area (Å²) >= 11 is 0. The molecule has 142 valence electrons. The van der Waals surface area contributed by atoms with Gasteiger partial charge in [-0.25, -0.2) is 14.8 Å². The van der Waals surface area contributed by atoms with Gasteiger partial charge >= 0.3 is 5.97 Å². The maximum absolute atomic E-state index is 12.5. The van der Waals surface area contributed by atoms with E-state index in [0.29, 0.717) is 18.2 Å². The minimum atomic E-state index is -0.495. The van der Waals surface area contributed by atoms with Gasteiger partial charge in [-0.1, -0.05) is 12.1 Å². The zero-order chi connectivity index (χ0) is 19.8. The summed E-state index contributed by atoms with van der Waals surface area (Å²) in [5, 5.41) is 5.77. The predicted molar refractivity (Wildman–Crippen MR) is 104 cm³/mol.